The summed E-state index contributed by atoms with van der Waals surface area (Å²) in [4.78, 5) is 44.1. The molecule has 0 bridgehead atoms. The molecule has 0 fully saturated rings. The molecule has 7 rings (SSSR count). The summed E-state index contributed by atoms with van der Waals surface area (Å²) in [6, 6.07) is 41.6. The minimum Gasteiger partial charge on any atom is -0.355 e. The Bertz CT molecular complexity index is 2550. The minimum absolute atomic E-state index is 0.000000000000000222. The van der Waals surface area contributed by atoms with Crippen LogP contribution in [0.4, 0.5) is 28.4 Å². The second-order valence-corrected chi connectivity index (χ2v) is 15.1. The predicted molar refractivity (Wildman–Crippen MR) is 246 cm³/mol. The third-order valence-electron chi connectivity index (χ3n) is 8.16. The van der Waals surface area contributed by atoms with Crippen LogP contribution in [0.5, 0.6) is 0 Å². The van der Waals surface area contributed by atoms with Gasteiger partial charge >= 0.3 is 0 Å². The zero-order valence-corrected chi connectivity index (χ0v) is 36.5. The number of nitro groups is 3. The third kappa shape index (κ3) is 14.3. The second-order valence-electron chi connectivity index (χ2n) is 12.3. The first-order valence-corrected chi connectivity index (χ1v) is 19.8. The zero-order chi connectivity index (χ0) is 43.8. The molecule has 0 atom stereocenters. The Hall–Kier alpha value is -6.60. The van der Waals surface area contributed by atoms with Gasteiger partial charge in [0.05, 0.1) is 26.2 Å². The largest absolute Gasteiger partial charge is 0.355 e. The molecule has 1 aromatic heterocycles. The summed E-state index contributed by atoms with van der Waals surface area (Å²) >= 11 is 10.1. The molecule has 0 amide bonds. The fourth-order valence-corrected chi connectivity index (χ4v) is 5.85. The monoisotopic (exact) mass is 1000 g/mol. The van der Waals surface area contributed by atoms with Crippen LogP contribution in [0.25, 0.3) is 22.2 Å². The molecule has 15 nitrogen and oxygen atoms in total. The van der Waals surface area contributed by atoms with Crippen LogP contribution in [0.15, 0.2) is 164 Å². The lowest BCUT2D eigenvalue weighted by Crippen LogP contribution is -2.05. The molecule has 0 spiro atoms. The van der Waals surface area contributed by atoms with Crippen LogP contribution in [0.2, 0.25) is 0 Å². The number of hydrogen-bond donors (Lipinski definition) is 4. The number of nitrogens with zero attached hydrogens (tertiary/aromatic N) is 4. The normalized spacial score (nSPS) is 10.4. The van der Waals surface area contributed by atoms with Gasteiger partial charge in [0.15, 0.2) is 5.78 Å². The van der Waals surface area contributed by atoms with Crippen molar-refractivity contribution in [3.63, 3.8) is 0 Å². The van der Waals surface area contributed by atoms with Gasteiger partial charge < -0.3 is 10.4 Å². The van der Waals surface area contributed by atoms with E-state index in [9.17, 15) is 35.1 Å². The van der Waals surface area contributed by atoms with Crippen LogP contribution in [0.3, 0.4) is 0 Å². The fourth-order valence-electron chi connectivity index (χ4n) is 4.95. The number of aromatic amines is 1. The standard InChI is InChI=1S/C14H12BrN3O2.C14H9BrN2O2.C8H7NO3.C6H7BrN2/c1-10(11-2-8-14(9-3-11)18(19)20)16-17-13-6-4-12(15)5-7-13;15-11-3-6-13-10(7-11)8-14(16-13)9-1-4-12(5-2-9)17(18)19;1-6(10)7-2-4-8(5-3-7)9(11)12;7-5-1-3-6(9-8)4-2-5/h2-9,17H,1H3;1-8,16H;2-5H,1H3;1-4,9H,8H2/b16-10-;;;. The molecule has 5 N–H and O–H groups in total. The van der Waals surface area contributed by atoms with Gasteiger partial charge in [-0.25, -0.2) is 0 Å². The number of H-pyrrole nitrogens is 1. The Morgan fingerprint density at radius 2 is 1.02 bits per heavy atom. The number of nitrogen functional groups attached to an aromatic ring is 1. The number of nitrogens with one attached hydrogen (secondary N) is 3. The highest BCUT2D eigenvalue weighted by atomic mass is 79.9. The van der Waals surface area contributed by atoms with Crippen LogP contribution < -0.4 is 16.7 Å². The number of nitro benzene ring substituents is 3. The quantitative estimate of drug-likeness (QED) is 0.0352. The van der Waals surface area contributed by atoms with Crippen molar-refractivity contribution in [2.75, 3.05) is 10.9 Å². The van der Waals surface area contributed by atoms with Gasteiger partial charge in [-0.05, 0) is 134 Å². The third-order valence-corrected chi connectivity index (χ3v) is 9.71. The topological polar surface area (TPSA) is 225 Å². The number of rotatable bonds is 9. The molecule has 6 aromatic carbocycles. The Labute approximate surface area is 368 Å². The van der Waals surface area contributed by atoms with Crippen molar-refractivity contribution < 1.29 is 19.6 Å². The summed E-state index contributed by atoms with van der Waals surface area (Å²) < 4.78 is 3.08. The number of ketones is 1. The summed E-state index contributed by atoms with van der Waals surface area (Å²) in [7, 11) is 0. The average Bonchev–Trinajstić information content (AvgIpc) is 3.68. The molecule has 0 aliphatic heterocycles. The van der Waals surface area contributed by atoms with Gasteiger partial charge in [-0.3, -0.25) is 46.4 Å². The number of halogens is 3. The van der Waals surface area contributed by atoms with Crippen LogP contribution >= 0.6 is 47.8 Å². The second kappa shape index (κ2) is 22.5. The number of non-ortho nitro benzene ring substituents is 3. The van der Waals surface area contributed by atoms with Crippen molar-refractivity contribution in [3.05, 3.63) is 200 Å². The highest BCUT2D eigenvalue weighted by Gasteiger charge is 2.09. The molecule has 0 unspecified atom stereocenters. The lowest BCUT2D eigenvalue weighted by atomic mass is 10.1. The molecular formula is C42H35Br3N8O7. The molecule has 0 radical (unpaired) electrons. The van der Waals surface area contributed by atoms with Crippen LogP contribution in [-0.4, -0.2) is 31.2 Å². The zero-order valence-electron chi connectivity index (χ0n) is 31.7. The maximum Gasteiger partial charge on any atom is 0.269 e. The van der Waals surface area contributed by atoms with Gasteiger partial charge in [0.1, 0.15) is 0 Å². The smallest absolute Gasteiger partial charge is 0.269 e. The highest BCUT2D eigenvalue weighted by Crippen LogP contribution is 2.27. The molecule has 0 aliphatic rings. The van der Waals surface area contributed by atoms with Crippen LogP contribution in [-0.2, 0) is 0 Å². The van der Waals surface area contributed by atoms with E-state index in [1.165, 1.54) is 55.5 Å². The van der Waals surface area contributed by atoms with Crippen molar-refractivity contribution in [3.8, 4) is 11.3 Å². The van der Waals surface area contributed by atoms with E-state index in [-0.39, 0.29) is 22.8 Å². The molecule has 60 heavy (non-hydrogen) atoms. The van der Waals surface area contributed by atoms with Gasteiger partial charge in [-0.2, -0.15) is 5.10 Å². The SMILES string of the molecule is C/C(=N/Nc1ccc(Br)cc1)c1ccc([N+](=O)[O-])cc1.CC(=O)c1ccc([N+](=O)[O-])cc1.NNc1ccc(Br)cc1.O=[N+]([O-])c1ccc(-c2cc3cc(Br)ccc3[nH]2)cc1. The summed E-state index contributed by atoms with van der Waals surface area (Å²) in [6.07, 6.45) is 0. The van der Waals surface area contributed by atoms with E-state index in [0.29, 0.717) is 5.56 Å². The minimum atomic E-state index is -0.496. The lowest BCUT2D eigenvalue weighted by molar-refractivity contribution is -0.385. The first-order valence-electron chi connectivity index (χ1n) is 17.4. The van der Waals surface area contributed by atoms with Gasteiger partial charge in [0.2, 0.25) is 0 Å². The first kappa shape index (κ1) is 46.1. The van der Waals surface area contributed by atoms with E-state index in [1.807, 2.05) is 79.7 Å². The molecule has 306 valence electrons. The molecule has 0 saturated carbocycles. The molecule has 18 heteroatoms. The number of fused-ring (bicyclic) bond motifs is 1. The number of Topliss-reactive ketones (excluding diaryl/α,β-unsaturated/α-hetero) is 1. The van der Waals surface area contributed by atoms with Crippen molar-refractivity contribution in [1.82, 2.24) is 4.98 Å². The number of benzene rings is 6. The first-order chi connectivity index (χ1) is 28.6. The summed E-state index contributed by atoms with van der Waals surface area (Å²) in [6.45, 7) is 3.26. The number of nitrogens with two attached hydrogens (primary N) is 1. The Morgan fingerprint density at radius 3 is 1.47 bits per heavy atom. The van der Waals surface area contributed by atoms with Crippen LogP contribution in [0, 0.1) is 30.3 Å². The van der Waals surface area contributed by atoms with Gasteiger partial charge in [0, 0.05) is 77.7 Å². The summed E-state index contributed by atoms with van der Waals surface area (Å²) in [5, 5.41) is 36.8. The van der Waals surface area contributed by atoms with Crippen molar-refractivity contribution in [2.45, 2.75) is 13.8 Å². The molecule has 0 aliphatic carbocycles. The average molecular weight is 1000 g/mol. The summed E-state index contributed by atoms with van der Waals surface area (Å²) in [5.74, 6) is 5.04. The maximum absolute atomic E-state index is 10.8. The van der Waals surface area contributed by atoms with Gasteiger partial charge in [0.25, 0.3) is 17.1 Å². The molecular weight excluding hydrogens is 968 g/mol. The number of hydrogen-bond acceptors (Lipinski definition) is 11. The highest BCUT2D eigenvalue weighted by molar-refractivity contribution is 9.11. The molecule has 1 heterocycles. The Morgan fingerprint density at radius 1 is 0.583 bits per heavy atom. The van der Waals surface area contributed by atoms with Crippen LogP contribution in [0.1, 0.15) is 29.8 Å². The Balaban J connectivity index is 0.000000184. The van der Waals surface area contributed by atoms with E-state index >= 15 is 0 Å². The van der Waals surface area contributed by atoms with Crippen molar-refractivity contribution in [2.24, 2.45) is 10.9 Å². The van der Waals surface area contributed by atoms with E-state index < -0.39 is 14.8 Å². The van der Waals surface area contributed by atoms with Gasteiger partial charge in [-0.15, -0.1) is 0 Å². The number of aromatic nitrogens is 1. The molecule has 7 aromatic rings. The number of carbonyl (C=O) groups excluding carboxylic acids is 1. The number of hydrazine groups is 1. The van der Waals surface area contributed by atoms with Gasteiger partial charge in [-0.1, -0.05) is 47.8 Å². The predicted octanol–water partition coefficient (Wildman–Crippen LogP) is 12.2. The summed E-state index contributed by atoms with van der Waals surface area (Å²) in [5.41, 5.74) is 12.4. The van der Waals surface area contributed by atoms with Crippen molar-refractivity contribution >= 4 is 98.6 Å². The molecule has 0 saturated heterocycles. The number of hydrazone groups is 1. The van der Waals surface area contributed by atoms with E-state index in [1.54, 1.807) is 24.3 Å². The number of carbonyl (C=O) groups is 1. The lowest BCUT2D eigenvalue weighted by Gasteiger charge is -2.03. The van der Waals surface area contributed by atoms with E-state index in [2.05, 4.69) is 68.7 Å². The Kier molecular flexibility index (Phi) is 17.3. The number of anilines is 2. The van der Waals surface area contributed by atoms with E-state index in [4.69, 9.17) is 5.84 Å². The maximum atomic E-state index is 10.8. The van der Waals surface area contributed by atoms with Crippen molar-refractivity contribution in [1.29, 1.82) is 0 Å². The fraction of sp³-hybridized carbons (Fsp3) is 0.0476. The van der Waals surface area contributed by atoms with E-state index in [0.717, 1.165) is 58.2 Å².